The molecule has 1 N–H and O–H groups in total. The molecular weight excluding hydrogens is 250 g/mol. The average Bonchev–Trinajstić information content (AvgIpc) is 2.67. The molecule has 1 amide bonds. The van der Waals surface area contributed by atoms with Crippen molar-refractivity contribution in [2.24, 2.45) is 0 Å². The molecule has 1 heterocycles. The summed E-state index contributed by atoms with van der Waals surface area (Å²) in [6.45, 7) is 6.90. The van der Waals surface area contributed by atoms with Crippen LogP contribution in [0.15, 0.2) is 24.3 Å². The summed E-state index contributed by atoms with van der Waals surface area (Å²) in [5.74, 6) is 0.185. The van der Waals surface area contributed by atoms with Gasteiger partial charge in [0.25, 0.3) is 0 Å². The second-order valence-corrected chi connectivity index (χ2v) is 6.01. The fraction of sp³-hybridized carbons (Fsp3) is 0.562. The van der Waals surface area contributed by atoms with E-state index in [0.717, 1.165) is 12.1 Å². The quantitative estimate of drug-likeness (QED) is 0.909. The molecule has 0 spiro atoms. The second-order valence-electron chi connectivity index (χ2n) is 6.01. The van der Waals surface area contributed by atoms with Gasteiger partial charge in [-0.3, -0.25) is 10.1 Å². The molecule has 3 unspecified atom stereocenters. The summed E-state index contributed by atoms with van der Waals surface area (Å²) in [5.41, 5.74) is 2.38. The van der Waals surface area contributed by atoms with E-state index in [-0.39, 0.29) is 18.1 Å². The number of carbonyl (C=O) groups is 1. The van der Waals surface area contributed by atoms with Gasteiger partial charge in [0.05, 0.1) is 6.04 Å². The third-order valence-corrected chi connectivity index (χ3v) is 4.07. The largest absolute Gasteiger partial charge is 0.320 e. The summed E-state index contributed by atoms with van der Waals surface area (Å²) >= 11 is 0. The zero-order chi connectivity index (χ0) is 14.9. The van der Waals surface area contributed by atoms with E-state index in [0.29, 0.717) is 6.04 Å². The number of hydrogen-bond donors (Lipinski definition) is 1. The van der Waals surface area contributed by atoms with Gasteiger partial charge in [0.1, 0.15) is 6.17 Å². The molecule has 0 aliphatic carbocycles. The van der Waals surface area contributed by atoms with E-state index in [1.54, 1.807) is 0 Å². The Morgan fingerprint density at radius 3 is 2.70 bits per heavy atom. The van der Waals surface area contributed by atoms with E-state index in [2.05, 4.69) is 42.3 Å². The Morgan fingerprint density at radius 1 is 1.40 bits per heavy atom. The third-order valence-electron chi connectivity index (χ3n) is 4.07. The zero-order valence-corrected chi connectivity index (χ0v) is 13.1. The predicted molar refractivity (Wildman–Crippen MR) is 81.4 cm³/mol. The van der Waals surface area contributed by atoms with Crippen LogP contribution in [-0.4, -0.2) is 48.4 Å². The van der Waals surface area contributed by atoms with Gasteiger partial charge in [0.15, 0.2) is 0 Å². The maximum atomic E-state index is 12.4. The van der Waals surface area contributed by atoms with Crippen molar-refractivity contribution in [2.45, 2.75) is 39.0 Å². The standard InChI is InChI=1S/C16H25N3O/c1-11-7-6-8-14(9-11)15-17-13(3)16(20)19(15)10-12(2)18(4)5/h6-9,12-13,15,17H,10H2,1-5H3. The van der Waals surface area contributed by atoms with Gasteiger partial charge < -0.3 is 9.80 Å². The summed E-state index contributed by atoms with van der Waals surface area (Å²) < 4.78 is 0. The van der Waals surface area contributed by atoms with Gasteiger partial charge in [0.2, 0.25) is 5.91 Å². The second kappa shape index (κ2) is 5.94. The van der Waals surface area contributed by atoms with Crippen molar-refractivity contribution >= 4 is 5.91 Å². The molecule has 1 aromatic rings. The molecule has 0 saturated carbocycles. The van der Waals surface area contributed by atoms with Gasteiger partial charge >= 0.3 is 0 Å². The van der Waals surface area contributed by atoms with Crippen molar-refractivity contribution in [1.82, 2.24) is 15.1 Å². The average molecular weight is 275 g/mol. The molecule has 2 rings (SSSR count). The molecular formula is C16H25N3O. The molecule has 1 fully saturated rings. The Balaban J connectivity index is 2.24. The summed E-state index contributed by atoms with van der Waals surface area (Å²) in [7, 11) is 4.09. The first-order chi connectivity index (χ1) is 9.40. The number of aryl methyl sites for hydroxylation is 1. The van der Waals surface area contributed by atoms with Crippen molar-refractivity contribution in [3.05, 3.63) is 35.4 Å². The molecule has 0 bridgehead atoms. The number of nitrogens with one attached hydrogen (secondary N) is 1. The van der Waals surface area contributed by atoms with Crippen LogP contribution in [0.5, 0.6) is 0 Å². The van der Waals surface area contributed by atoms with Gasteiger partial charge in [-0.1, -0.05) is 29.8 Å². The normalized spacial score (nSPS) is 24.5. The molecule has 1 aliphatic rings. The maximum absolute atomic E-state index is 12.4. The Hall–Kier alpha value is -1.39. The fourth-order valence-electron chi connectivity index (χ4n) is 2.53. The summed E-state index contributed by atoms with van der Waals surface area (Å²) in [4.78, 5) is 16.5. The smallest absolute Gasteiger partial charge is 0.241 e. The van der Waals surface area contributed by atoms with E-state index < -0.39 is 0 Å². The van der Waals surface area contributed by atoms with Crippen LogP contribution in [0.25, 0.3) is 0 Å². The molecule has 4 heteroatoms. The number of likely N-dealkylation sites (N-methyl/N-ethyl adjacent to an activating group) is 1. The highest BCUT2D eigenvalue weighted by atomic mass is 16.2. The summed E-state index contributed by atoms with van der Waals surface area (Å²) in [6.07, 6.45) is -0.0141. The predicted octanol–water partition coefficient (Wildman–Crippen LogP) is 1.76. The Labute approximate surface area is 121 Å². The number of benzene rings is 1. The van der Waals surface area contributed by atoms with Crippen molar-refractivity contribution in [2.75, 3.05) is 20.6 Å². The Bertz CT molecular complexity index is 486. The lowest BCUT2D eigenvalue weighted by molar-refractivity contribution is -0.130. The fourth-order valence-corrected chi connectivity index (χ4v) is 2.53. The van der Waals surface area contributed by atoms with Crippen LogP contribution < -0.4 is 5.32 Å². The molecule has 4 nitrogen and oxygen atoms in total. The minimum absolute atomic E-state index is 0.0141. The van der Waals surface area contributed by atoms with Crippen molar-refractivity contribution < 1.29 is 4.79 Å². The van der Waals surface area contributed by atoms with Crippen LogP contribution in [0.2, 0.25) is 0 Å². The van der Waals surface area contributed by atoms with Crippen molar-refractivity contribution in [3.63, 3.8) is 0 Å². The maximum Gasteiger partial charge on any atom is 0.241 e. The van der Waals surface area contributed by atoms with Crippen LogP contribution in [0.3, 0.4) is 0 Å². The van der Waals surface area contributed by atoms with Crippen LogP contribution in [-0.2, 0) is 4.79 Å². The minimum atomic E-state index is -0.116. The van der Waals surface area contributed by atoms with Crippen LogP contribution >= 0.6 is 0 Å². The lowest BCUT2D eigenvalue weighted by Gasteiger charge is -2.30. The highest BCUT2D eigenvalue weighted by Crippen LogP contribution is 2.26. The van der Waals surface area contributed by atoms with Crippen LogP contribution in [0, 0.1) is 6.92 Å². The zero-order valence-electron chi connectivity index (χ0n) is 13.1. The monoisotopic (exact) mass is 275 g/mol. The molecule has 1 aromatic carbocycles. The first-order valence-electron chi connectivity index (χ1n) is 7.19. The number of rotatable bonds is 4. The first kappa shape index (κ1) is 15.0. The van der Waals surface area contributed by atoms with Gasteiger partial charge in [0, 0.05) is 12.6 Å². The minimum Gasteiger partial charge on any atom is -0.320 e. The van der Waals surface area contributed by atoms with Crippen molar-refractivity contribution in [1.29, 1.82) is 0 Å². The summed E-state index contributed by atoms with van der Waals surface area (Å²) in [5, 5.41) is 3.40. The van der Waals surface area contributed by atoms with Crippen molar-refractivity contribution in [3.8, 4) is 0 Å². The third kappa shape index (κ3) is 3.02. The molecule has 0 radical (unpaired) electrons. The number of amides is 1. The van der Waals surface area contributed by atoms with E-state index in [1.807, 2.05) is 32.0 Å². The van der Waals surface area contributed by atoms with Gasteiger partial charge in [-0.05, 0) is 40.4 Å². The number of carbonyl (C=O) groups excluding carboxylic acids is 1. The molecule has 110 valence electrons. The molecule has 1 saturated heterocycles. The highest BCUT2D eigenvalue weighted by molar-refractivity contribution is 5.84. The topological polar surface area (TPSA) is 35.6 Å². The van der Waals surface area contributed by atoms with E-state index in [9.17, 15) is 4.79 Å². The molecule has 1 aliphatic heterocycles. The molecule has 0 aromatic heterocycles. The molecule has 20 heavy (non-hydrogen) atoms. The van der Waals surface area contributed by atoms with Gasteiger partial charge in [-0.2, -0.15) is 0 Å². The summed E-state index contributed by atoms with van der Waals surface area (Å²) in [6, 6.07) is 8.58. The van der Waals surface area contributed by atoms with E-state index in [1.165, 1.54) is 5.56 Å². The van der Waals surface area contributed by atoms with Gasteiger partial charge in [-0.25, -0.2) is 0 Å². The molecule has 3 atom stereocenters. The number of hydrogen-bond acceptors (Lipinski definition) is 3. The highest BCUT2D eigenvalue weighted by Gasteiger charge is 2.37. The Kier molecular flexibility index (Phi) is 4.45. The van der Waals surface area contributed by atoms with E-state index in [4.69, 9.17) is 0 Å². The lowest BCUT2D eigenvalue weighted by atomic mass is 10.1. The van der Waals surface area contributed by atoms with E-state index >= 15 is 0 Å². The lowest BCUT2D eigenvalue weighted by Crippen LogP contribution is -2.41. The first-order valence-corrected chi connectivity index (χ1v) is 7.19. The SMILES string of the molecule is Cc1cccc(C2NC(C)C(=O)N2CC(C)N(C)C)c1. The van der Waals surface area contributed by atoms with Gasteiger partial charge in [-0.15, -0.1) is 0 Å². The van der Waals surface area contributed by atoms with Crippen LogP contribution in [0.1, 0.15) is 31.1 Å². The van der Waals surface area contributed by atoms with Crippen LogP contribution in [0.4, 0.5) is 0 Å². The Morgan fingerprint density at radius 2 is 2.10 bits per heavy atom. The number of nitrogens with zero attached hydrogens (tertiary/aromatic N) is 2.